The topological polar surface area (TPSA) is 52.3 Å². The second-order valence-electron chi connectivity index (χ2n) is 5.67. The van der Waals surface area contributed by atoms with Gasteiger partial charge in [0.2, 0.25) is 11.0 Å². The minimum atomic E-state index is 0.607. The molecule has 1 saturated heterocycles. The molecular formula is C17H17N3O2. The largest absolute Gasteiger partial charge is 0.618 e. The Balaban J connectivity index is 1.89. The molecule has 5 heteroatoms. The van der Waals surface area contributed by atoms with Gasteiger partial charge in [0, 0.05) is 30.9 Å². The monoisotopic (exact) mass is 295 g/mol. The number of hydrogen-bond donors (Lipinski definition) is 0. The smallest absolute Gasteiger partial charge is 0.243 e. The first-order valence-corrected chi connectivity index (χ1v) is 7.49. The zero-order chi connectivity index (χ0) is 15.1. The molecule has 0 N–H and O–H groups in total. The van der Waals surface area contributed by atoms with Crippen LogP contribution in [0.1, 0.15) is 5.56 Å². The zero-order valence-electron chi connectivity index (χ0n) is 12.5. The number of aromatic nitrogens is 2. The van der Waals surface area contributed by atoms with Gasteiger partial charge in [-0.2, -0.15) is 4.73 Å². The molecule has 1 aliphatic rings. The molecule has 0 aliphatic carbocycles. The Kier molecular flexibility index (Phi) is 3.08. The summed E-state index contributed by atoms with van der Waals surface area (Å²) in [6, 6.07) is 11.6. The van der Waals surface area contributed by atoms with Crippen LogP contribution in [0.5, 0.6) is 0 Å². The summed E-state index contributed by atoms with van der Waals surface area (Å²) in [6.45, 7) is 5.20. The molecule has 0 atom stereocenters. The number of rotatable bonds is 1. The quantitative estimate of drug-likeness (QED) is 0.392. The molecular weight excluding hydrogens is 278 g/mol. The lowest BCUT2D eigenvalue weighted by Crippen LogP contribution is -2.36. The second-order valence-corrected chi connectivity index (χ2v) is 5.67. The molecule has 0 spiro atoms. The van der Waals surface area contributed by atoms with Gasteiger partial charge in [0.15, 0.2) is 0 Å². The van der Waals surface area contributed by atoms with Crippen molar-refractivity contribution in [1.82, 2.24) is 4.98 Å². The van der Waals surface area contributed by atoms with E-state index in [1.807, 2.05) is 43.3 Å². The van der Waals surface area contributed by atoms with Crippen molar-refractivity contribution in [2.24, 2.45) is 0 Å². The molecule has 1 aliphatic heterocycles. The van der Waals surface area contributed by atoms with E-state index in [4.69, 9.17) is 4.74 Å². The van der Waals surface area contributed by atoms with E-state index in [0.29, 0.717) is 11.0 Å². The van der Waals surface area contributed by atoms with E-state index >= 15 is 0 Å². The molecule has 0 amide bonds. The number of morpholine rings is 1. The molecule has 2 heterocycles. The number of hydrogen-bond acceptors (Lipinski definition) is 4. The Morgan fingerprint density at radius 3 is 2.68 bits per heavy atom. The van der Waals surface area contributed by atoms with Gasteiger partial charge < -0.3 is 14.8 Å². The second kappa shape index (κ2) is 5.10. The lowest BCUT2D eigenvalue weighted by molar-refractivity contribution is -0.548. The Labute approximate surface area is 128 Å². The van der Waals surface area contributed by atoms with Crippen molar-refractivity contribution >= 4 is 27.8 Å². The van der Waals surface area contributed by atoms with Gasteiger partial charge in [-0.25, -0.2) is 4.98 Å². The highest BCUT2D eigenvalue weighted by Crippen LogP contribution is 2.22. The van der Waals surface area contributed by atoms with E-state index in [1.165, 1.54) is 0 Å². The van der Waals surface area contributed by atoms with E-state index in [1.54, 1.807) is 0 Å². The summed E-state index contributed by atoms with van der Waals surface area (Å²) < 4.78 is 6.37. The van der Waals surface area contributed by atoms with Gasteiger partial charge in [-0.3, -0.25) is 0 Å². The Morgan fingerprint density at radius 1 is 1.05 bits per heavy atom. The van der Waals surface area contributed by atoms with Gasteiger partial charge >= 0.3 is 0 Å². The number of anilines is 1. The maximum Gasteiger partial charge on any atom is 0.243 e. The van der Waals surface area contributed by atoms with Gasteiger partial charge in [0.25, 0.3) is 0 Å². The van der Waals surface area contributed by atoms with E-state index in [-0.39, 0.29) is 0 Å². The van der Waals surface area contributed by atoms with E-state index in [0.717, 1.165) is 53.3 Å². The highest BCUT2D eigenvalue weighted by molar-refractivity contribution is 5.84. The predicted octanol–water partition coefficient (Wildman–Crippen LogP) is 2.17. The summed E-state index contributed by atoms with van der Waals surface area (Å²) in [5.74, 6) is 0. The van der Waals surface area contributed by atoms with Crippen LogP contribution in [0.2, 0.25) is 0 Å². The minimum Gasteiger partial charge on any atom is -0.618 e. The fourth-order valence-corrected chi connectivity index (χ4v) is 2.94. The third-order valence-corrected chi connectivity index (χ3v) is 4.14. The van der Waals surface area contributed by atoms with Crippen LogP contribution < -0.4 is 9.63 Å². The van der Waals surface area contributed by atoms with Crippen molar-refractivity contribution in [3.63, 3.8) is 0 Å². The zero-order valence-corrected chi connectivity index (χ0v) is 12.5. The van der Waals surface area contributed by atoms with Gasteiger partial charge in [0.05, 0.1) is 13.2 Å². The first-order valence-electron chi connectivity index (χ1n) is 7.49. The highest BCUT2D eigenvalue weighted by atomic mass is 16.5. The van der Waals surface area contributed by atoms with Gasteiger partial charge in [-0.15, -0.1) is 0 Å². The first-order chi connectivity index (χ1) is 10.7. The van der Waals surface area contributed by atoms with E-state index in [9.17, 15) is 5.21 Å². The van der Waals surface area contributed by atoms with Crippen LogP contribution in [0.15, 0.2) is 36.4 Å². The van der Waals surface area contributed by atoms with Gasteiger partial charge in [0.1, 0.15) is 11.0 Å². The van der Waals surface area contributed by atoms with Crippen LogP contribution in [0.25, 0.3) is 22.1 Å². The van der Waals surface area contributed by atoms with Crippen LogP contribution in [-0.2, 0) is 4.74 Å². The van der Waals surface area contributed by atoms with Crippen LogP contribution in [0.4, 0.5) is 5.69 Å². The molecule has 22 heavy (non-hydrogen) atoms. The first kappa shape index (κ1) is 13.3. The lowest BCUT2D eigenvalue weighted by Gasteiger charge is -2.28. The number of nitrogens with zero attached hydrogens (tertiary/aromatic N) is 3. The summed E-state index contributed by atoms with van der Waals surface area (Å²) in [6.07, 6.45) is 0. The lowest BCUT2D eigenvalue weighted by atomic mass is 10.2. The van der Waals surface area contributed by atoms with Crippen LogP contribution in [0, 0.1) is 12.1 Å². The molecule has 0 unspecified atom stereocenters. The summed E-state index contributed by atoms with van der Waals surface area (Å²) in [7, 11) is 0. The van der Waals surface area contributed by atoms with E-state index in [2.05, 4.69) is 9.88 Å². The normalized spacial score (nSPS) is 15.6. The number of aryl methyl sites for hydroxylation is 1. The third kappa shape index (κ3) is 2.14. The fraction of sp³-hybridized carbons (Fsp3) is 0.294. The molecule has 1 fully saturated rings. The molecule has 0 saturated carbocycles. The van der Waals surface area contributed by atoms with Crippen molar-refractivity contribution in [3.8, 4) is 0 Å². The Morgan fingerprint density at radius 2 is 1.86 bits per heavy atom. The van der Waals surface area contributed by atoms with Crippen LogP contribution in [0.3, 0.4) is 0 Å². The molecule has 112 valence electrons. The molecule has 1 aromatic heterocycles. The molecule has 2 aromatic carbocycles. The van der Waals surface area contributed by atoms with E-state index < -0.39 is 0 Å². The maximum atomic E-state index is 12.6. The molecule has 5 nitrogen and oxygen atoms in total. The summed E-state index contributed by atoms with van der Waals surface area (Å²) in [4.78, 5) is 6.92. The van der Waals surface area contributed by atoms with Crippen molar-refractivity contribution in [3.05, 3.63) is 47.2 Å². The molecule has 3 aromatic rings. The predicted molar refractivity (Wildman–Crippen MR) is 86.0 cm³/mol. The number of fused-ring (bicyclic) bond motifs is 2. The van der Waals surface area contributed by atoms with Gasteiger partial charge in [-0.05, 0) is 30.7 Å². The number of ether oxygens (including phenoxy) is 1. The van der Waals surface area contributed by atoms with Crippen molar-refractivity contribution in [2.45, 2.75) is 6.92 Å². The summed E-state index contributed by atoms with van der Waals surface area (Å²) >= 11 is 0. The van der Waals surface area contributed by atoms with Crippen molar-refractivity contribution in [1.29, 1.82) is 0 Å². The molecule has 4 rings (SSSR count). The average Bonchev–Trinajstić information content (AvgIpc) is 2.56. The standard InChI is InChI=1S/C17H17N3O2/c1-12-2-4-14-17(10-12)20(21)16-5-3-13(11-15(16)18-14)19-6-8-22-9-7-19/h2-5,10-11H,6-9H2,1H3. The number of benzene rings is 2. The van der Waals surface area contributed by atoms with Gasteiger partial charge in [-0.1, -0.05) is 6.07 Å². The Hall–Kier alpha value is -2.40. The summed E-state index contributed by atoms with van der Waals surface area (Å²) in [5.41, 5.74) is 4.84. The van der Waals surface area contributed by atoms with Crippen molar-refractivity contribution < 1.29 is 9.47 Å². The van der Waals surface area contributed by atoms with Crippen LogP contribution >= 0.6 is 0 Å². The third-order valence-electron chi connectivity index (χ3n) is 4.14. The highest BCUT2D eigenvalue weighted by Gasteiger charge is 2.16. The van der Waals surface area contributed by atoms with Crippen molar-refractivity contribution in [2.75, 3.05) is 31.2 Å². The average molecular weight is 295 g/mol. The Bertz CT molecular complexity index is 857. The SMILES string of the molecule is Cc1ccc2nc3cc(N4CCOCC4)ccc3[n+]([O-])c2c1. The fourth-order valence-electron chi connectivity index (χ4n) is 2.94. The maximum absolute atomic E-state index is 12.6. The minimum absolute atomic E-state index is 0.607. The molecule has 0 radical (unpaired) electrons. The molecule has 0 bridgehead atoms. The summed E-state index contributed by atoms with van der Waals surface area (Å²) in [5, 5.41) is 12.6. The van der Waals surface area contributed by atoms with Crippen LogP contribution in [-0.4, -0.2) is 31.3 Å².